The normalized spacial score (nSPS) is 11.3. The molecule has 0 aliphatic rings. The second-order valence-electron chi connectivity index (χ2n) is 4.96. The topological polar surface area (TPSA) is 58.6 Å². The van der Waals surface area contributed by atoms with E-state index in [1.165, 1.54) is 0 Å². The third-order valence-corrected chi connectivity index (χ3v) is 4.91. The van der Waals surface area contributed by atoms with Gasteiger partial charge in [0.1, 0.15) is 5.75 Å². The number of hydrogen-bond acceptors (Lipinski definition) is 3. The number of phenolic OH excluding ortho intramolecular Hbond substituents is 1. The molecule has 0 aliphatic carbocycles. The van der Waals surface area contributed by atoms with Crippen molar-refractivity contribution in [1.82, 2.24) is 0 Å². The van der Waals surface area contributed by atoms with Gasteiger partial charge in [0.15, 0.2) is 0 Å². The van der Waals surface area contributed by atoms with Crippen LogP contribution < -0.4 is 5.73 Å². The Morgan fingerprint density at radius 2 is 1.90 bits per heavy atom. The summed E-state index contributed by atoms with van der Waals surface area (Å²) >= 11 is 9.61. The lowest BCUT2D eigenvalue weighted by Crippen LogP contribution is -1.94. The Bertz CT molecular complexity index is 713. The number of nitrogen functional groups attached to an aromatic ring is 1. The Balaban J connectivity index is 2.51. The average molecular weight is 368 g/mol. The van der Waals surface area contributed by atoms with E-state index in [4.69, 9.17) is 17.3 Å². The molecular formula is C16H16BrClN2O. The molecule has 0 amide bonds. The van der Waals surface area contributed by atoms with Crippen LogP contribution in [-0.2, 0) is 0 Å². The van der Waals surface area contributed by atoms with Crippen LogP contribution in [0.5, 0.6) is 5.75 Å². The number of aryl methyl sites for hydroxylation is 1. The van der Waals surface area contributed by atoms with Gasteiger partial charge in [0.05, 0.1) is 15.8 Å². The summed E-state index contributed by atoms with van der Waals surface area (Å²) in [6, 6.07) is 5.64. The molecule has 0 unspecified atom stereocenters. The molecule has 110 valence electrons. The second kappa shape index (κ2) is 6.08. The molecule has 2 rings (SSSR count). The summed E-state index contributed by atoms with van der Waals surface area (Å²) in [7, 11) is 0. The first-order chi connectivity index (χ1) is 9.82. The number of nitrogens with two attached hydrogens (primary N) is 1. The molecule has 0 saturated carbocycles. The Kier molecular flexibility index (Phi) is 4.59. The maximum absolute atomic E-state index is 10.2. The number of nitrogens with zero attached hydrogens (tertiary/aromatic N) is 1. The van der Waals surface area contributed by atoms with Gasteiger partial charge in [-0.05, 0) is 65.5 Å². The van der Waals surface area contributed by atoms with E-state index in [1.807, 2.05) is 39.0 Å². The predicted molar refractivity (Wildman–Crippen MR) is 93.1 cm³/mol. The average Bonchev–Trinajstić information content (AvgIpc) is 2.45. The molecule has 3 N–H and O–H groups in total. The summed E-state index contributed by atoms with van der Waals surface area (Å²) in [6.07, 6.45) is 1.59. The van der Waals surface area contributed by atoms with Gasteiger partial charge < -0.3 is 10.8 Å². The van der Waals surface area contributed by atoms with Gasteiger partial charge in [0, 0.05) is 16.8 Å². The van der Waals surface area contributed by atoms with E-state index in [2.05, 4.69) is 20.9 Å². The molecule has 0 atom stereocenters. The fraction of sp³-hybridized carbons (Fsp3) is 0.188. The fourth-order valence-corrected chi connectivity index (χ4v) is 2.78. The molecule has 2 aromatic carbocycles. The monoisotopic (exact) mass is 366 g/mol. The van der Waals surface area contributed by atoms with E-state index in [9.17, 15) is 5.11 Å². The lowest BCUT2D eigenvalue weighted by molar-refractivity contribution is 0.470. The Labute approximate surface area is 137 Å². The predicted octanol–water partition coefficient (Wildman–Crippen LogP) is 5.07. The van der Waals surface area contributed by atoms with Crippen LogP contribution >= 0.6 is 27.5 Å². The number of aromatic hydroxyl groups is 1. The van der Waals surface area contributed by atoms with Gasteiger partial charge in [-0.15, -0.1) is 0 Å². The molecule has 0 radical (unpaired) electrons. The standard InChI is InChI=1S/C16H16BrClN2O/c1-8-4-5-13(12(19)6-8)20-7-11-9(2)15(18)10(3)14(17)16(11)21/h4-7,21H,19H2,1-3H3. The molecule has 0 aromatic heterocycles. The fourth-order valence-electron chi connectivity index (χ4n) is 2.05. The minimum Gasteiger partial charge on any atom is -0.506 e. The number of rotatable bonds is 2. The van der Waals surface area contributed by atoms with Crippen molar-refractivity contribution in [2.45, 2.75) is 20.8 Å². The Morgan fingerprint density at radius 3 is 2.52 bits per heavy atom. The number of anilines is 1. The summed E-state index contributed by atoms with van der Waals surface area (Å²) in [5.74, 6) is 0.129. The van der Waals surface area contributed by atoms with E-state index in [0.29, 0.717) is 26.4 Å². The van der Waals surface area contributed by atoms with Gasteiger partial charge in [-0.2, -0.15) is 0 Å². The zero-order chi connectivity index (χ0) is 15.7. The van der Waals surface area contributed by atoms with Crippen LogP contribution in [0.2, 0.25) is 5.02 Å². The van der Waals surface area contributed by atoms with Crippen LogP contribution in [0.4, 0.5) is 11.4 Å². The van der Waals surface area contributed by atoms with Crippen molar-refractivity contribution in [1.29, 1.82) is 0 Å². The first-order valence-corrected chi connectivity index (χ1v) is 7.57. The molecule has 0 spiro atoms. The van der Waals surface area contributed by atoms with Gasteiger partial charge in [0.25, 0.3) is 0 Å². The zero-order valence-corrected chi connectivity index (χ0v) is 14.4. The largest absolute Gasteiger partial charge is 0.506 e. The van der Waals surface area contributed by atoms with Crippen molar-refractivity contribution in [3.8, 4) is 5.75 Å². The van der Waals surface area contributed by atoms with E-state index < -0.39 is 0 Å². The highest BCUT2D eigenvalue weighted by molar-refractivity contribution is 9.10. The van der Waals surface area contributed by atoms with Crippen LogP contribution in [0.3, 0.4) is 0 Å². The van der Waals surface area contributed by atoms with Gasteiger partial charge >= 0.3 is 0 Å². The first kappa shape index (κ1) is 15.9. The van der Waals surface area contributed by atoms with E-state index in [1.54, 1.807) is 6.21 Å². The highest BCUT2D eigenvalue weighted by Gasteiger charge is 2.15. The van der Waals surface area contributed by atoms with Gasteiger partial charge in [-0.25, -0.2) is 0 Å². The van der Waals surface area contributed by atoms with Crippen molar-refractivity contribution < 1.29 is 5.11 Å². The highest BCUT2D eigenvalue weighted by Crippen LogP contribution is 2.38. The lowest BCUT2D eigenvalue weighted by atomic mass is 10.0. The molecule has 0 aliphatic heterocycles. The number of benzene rings is 2. The molecule has 5 heteroatoms. The number of phenols is 1. The Hall–Kier alpha value is -1.52. The minimum absolute atomic E-state index is 0.129. The molecule has 2 aromatic rings. The third kappa shape index (κ3) is 3.06. The molecule has 0 heterocycles. The number of aliphatic imine (C=N–C) groups is 1. The van der Waals surface area contributed by atoms with Gasteiger partial charge in [-0.1, -0.05) is 17.7 Å². The molecule has 0 saturated heterocycles. The van der Waals surface area contributed by atoms with Crippen LogP contribution in [0.25, 0.3) is 0 Å². The summed E-state index contributed by atoms with van der Waals surface area (Å²) in [4.78, 5) is 4.36. The summed E-state index contributed by atoms with van der Waals surface area (Å²) in [5, 5.41) is 10.9. The number of halogens is 2. The number of hydrogen-bond donors (Lipinski definition) is 2. The maximum atomic E-state index is 10.2. The van der Waals surface area contributed by atoms with Crippen molar-refractivity contribution in [2.75, 3.05) is 5.73 Å². The van der Waals surface area contributed by atoms with E-state index in [0.717, 1.165) is 16.7 Å². The first-order valence-electron chi connectivity index (χ1n) is 6.40. The Morgan fingerprint density at radius 1 is 1.24 bits per heavy atom. The van der Waals surface area contributed by atoms with Crippen molar-refractivity contribution in [3.63, 3.8) is 0 Å². The summed E-state index contributed by atoms with van der Waals surface area (Å²) in [6.45, 7) is 5.66. The van der Waals surface area contributed by atoms with E-state index in [-0.39, 0.29) is 5.75 Å². The molecule has 21 heavy (non-hydrogen) atoms. The summed E-state index contributed by atoms with van der Waals surface area (Å²) in [5.41, 5.74) is 10.4. The molecule has 0 bridgehead atoms. The quantitative estimate of drug-likeness (QED) is 0.575. The van der Waals surface area contributed by atoms with Gasteiger partial charge in [0.2, 0.25) is 0 Å². The highest BCUT2D eigenvalue weighted by atomic mass is 79.9. The smallest absolute Gasteiger partial charge is 0.139 e. The van der Waals surface area contributed by atoms with Crippen LogP contribution in [0.1, 0.15) is 22.3 Å². The summed E-state index contributed by atoms with van der Waals surface area (Å²) < 4.78 is 0.580. The zero-order valence-electron chi connectivity index (χ0n) is 12.0. The van der Waals surface area contributed by atoms with Crippen molar-refractivity contribution in [2.24, 2.45) is 4.99 Å². The molecule has 0 fully saturated rings. The molecular weight excluding hydrogens is 352 g/mol. The van der Waals surface area contributed by atoms with Crippen LogP contribution in [-0.4, -0.2) is 11.3 Å². The van der Waals surface area contributed by atoms with Crippen molar-refractivity contribution in [3.05, 3.63) is 49.9 Å². The van der Waals surface area contributed by atoms with Crippen LogP contribution in [0.15, 0.2) is 27.7 Å². The second-order valence-corrected chi connectivity index (χ2v) is 6.13. The molecule has 3 nitrogen and oxygen atoms in total. The van der Waals surface area contributed by atoms with Crippen molar-refractivity contribution >= 4 is 45.1 Å². The van der Waals surface area contributed by atoms with Gasteiger partial charge in [-0.3, -0.25) is 4.99 Å². The SMILES string of the molecule is Cc1ccc(N=Cc2c(C)c(Cl)c(C)c(Br)c2O)c(N)c1. The third-order valence-electron chi connectivity index (χ3n) is 3.37. The lowest BCUT2D eigenvalue weighted by Gasteiger charge is -2.12. The maximum Gasteiger partial charge on any atom is 0.139 e. The minimum atomic E-state index is 0.129. The van der Waals surface area contributed by atoms with Crippen LogP contribution in [0, 0.1) is 20.8 Å². The van der Waals surface area contributed by atoms with E-state index >= 15 is 0 Å².